The Hall–Kier alpha value is -9.31. The van der Waals surface area contributed by atoms with E-state index in [0.29, 0.717) is 69.3 Å². The van der Waals surface area contributed by atoms with Gasteiger partial charge in [0, 0.05) is 74.1 Å². The zero-order chi connectivity index (χ0) is 63.5. The summed E-state index contributed by atoms with van der Waals surface area (Å²) >= 11 is 0. The summed E-state index contributed by atoms with van der Waals surface area (Å²) in [6.45, 7) is 11.5. The van der Waals surface area contributed by atoms with Crippen molar-refractivity contribution in [2.75, 3.05) is 36.8 Å². The van der Waals surface area contributed by atoms with Crippen molar-refractivity contribution in [3.05, 3.63) is 138 Å². The number of carbonyl (C=O) groups excluding carboxylic acids is 3. The molecule has 6 heterocycles. The van der Waals surface area contributed by atoms with Crippen molar-refractivity contribution in [2.45, 2.75) is 127 Å². The van der Waals surface area contributed by atoms with Gasteiger partial charge in [0.25, 0.3) is 21.9 Å². The van der Waals surface area contributed by atoms with Crippen LogP contribution in [0.3, 0.4) is 0 Å². The predicted molar refractivity (Wildman–Crippen MR) is 324 cm³/mol. The van der Waals surface area contributed by atoms with E-state index in [9.17, 15) is 37.8 Å². The topological polar surface area (TPSA) is 375 Å². The van der Waals surface area contributed by atoms with Crippen molar-refractivity contribution in [3.8, 4) is 34.7 Å². The molecule has 2 saturated heterocycles. The van der Waals surface area contributed by atoms with Crippen LogP contribution < -0.4 is 16.4 Å². The number of hydrogen-bond donors (Lipinski definition) is 7. The maximum atomic E-state index is 12.4. The second-order valence-electron chi connectivity index (χ2n) is 22.6. The molecule has 88 heavy (non-hydrogen) atoms. The van der Waals surface area contributed by atoms with E-state index in [1.807, 2.05) is 54.7 Å². The zero-order valence-corrected chi connectivity index (χ0v) is 50.3. The lowest BCUT2D eigenvalue weighted by Crippen LogP contribution is -2.45. The lowest BCUT2D eigenvalue weighted by atomic mass is 9.99. The van der Waals surface area contributed by atoms with Gasteiger partial charge in [0.15, 0.2) is 5.78 Å². The normalized spacial score (nSPS) is 16.4. The molecule has 460 valence electrons. The van der Waals surface area contributed by atoms with Crippen LogP contribution in [0.1, 0.15) is 121 Å². The number of nitriles is 2. The number of rotatable bonds is 15. The average Bonchev–Trinajstić information content (AvgIpc) is 3.79. The van der Waals surface area contributed by atoms with Crippen LogP contribution in [0.5, 0.6) is 0 Å². The highest BCUT2D eigenvalue weighted by atomic mass is 32.2. The molecule has 0 spiro atoms. The minimum atomic E-state index is -4.02. The van der Waals surface area contributed by atoms with Crippen LogP contribution in [0.15, 0.2) is 115 Å². The monoisotopic (exact) mass is 1220 g/mol. The molecule has 2 atom stereocenters. The fourth-order valence-electron chi connectivity index (χ4n) is 9.71. The minimum absolute atomic E-state index is 0.0538. The summed E-state index contributed by atoms with van der Waals surface area (Å²) in [6, 6.07) is 23.8. The largest absolute Gasteiger partial charge is 0.478 e. The number of aryl methyl sites for hydroxylation is 3. The first-order valence-corrected chi connectivity index (χ1v) is 30.2. The van der Waals surface area contributed by atoms with Gasteiger partial charge in [-0.15, -0.1) is 0 Å². The first-order valence-electron chi connectivity index (χ1n) is 28.7. The number of nitrogens with two attached hydrogens (primary N) is 1. The number of nitrogens with zero attached hydrogens (tertiary/aromatic N) is 12. The van der Waals surface area contributed by atoms with E-state index >= 15 is 0 Å². The van der Waals surface area contributed by atoms with E-state index in [2.05, 4.69) is 41.9 Å². The summed E-state index contributed by atoms with van der Waals surface area (Å²) in [5, 5.41) is 61.4. The van der Waals surface area contributed by atoms with E-state index < -0.39 is 27.3 Å². The van der Waals surface area contributed by atoms with Crippen LogP contribution >= 0.6 is 0 Å². The molecule has 0 radical (unpaired) electrons. The van der Waals surface area contributed by atoms with Gasteiger partial charge in [-0.1, -0.05) is 54.1 Å². The molecule has 4 aromatic heterocycles. The van der Waals surface area contributed by atoms with Gasteiger partial charge in [-0.2, -0.15) is 29.1 Å². The Kier molecular flexibility index (Phi) is 20.6. The molecule has 8 N–H and O–H groups in total. The van der Waals surface area contributed by atoms with Crippen LogP contribution in [0.4, 0.5) is 23.3 Å². The second kappa shape index (κ2) is 28.0. The number of amides is 2. The molecule has 26 heteroatoms. The molecule has 2 amide bonds. The fraction of sp³-hybridized carbons (Fsp3) is 0.387. The smallest absolute Gasteiger partial charge is 0.335 e. The Balaban J connectivity index is 0.000000183. The Morgan fingerprint density at radius 1 is 0.648 bits per heavy atom. The lowest BCUT2D eigenvalue weighted by molar-refractivity contribution is -0.144. The molecule has 25 nitrogen and oxygen atoms in total. The van der Waals surface area contributed by atoms with Gasteiger partial charge in [0.2, 0.25) is 11.9 Å². The number of piperidine rings is 2. The number of Topliss-reactive ketones (excluding diaryl/α,β-unsaturated/α-hetero) is 1. The number of aromatic nitrogens is 8. The van der Waals surface area contributed by atoms with E-state index in [0.717, 1.165) is 76.3 Å². The van der Waals surface area contributed by atoms with Crippen LogP contribution in [0, 0.1) is 49.4 Å². The van der Waals surface area contributed by atoms with E-state index in [-0.39, 0.29) is 58.5 Å². The summed E-state index contributed by atoms with van der Waals surface area (Å²) in [5.74, 6) is -0.765. The maximum Gasteiger partial charge on any atom is 0.335 e. The van der Waals surface area contributed by atoms with E-state index in [1.54, 1.807) is 103 Å². The summed E-state index contributed by atoms with van der Waals surface area (Å²) in [4.78, 5) is 69.8. The van der Waals surface area contributed by atoms with Crippen LogP contribution in [0.25, 0.3) is 22.5 Å². The van der Waals surface area contributed by atoms with Gasteiger partial charge >= 0.3 is 5.97 Å². The predicted octanol–water partition coefficient (Wildman–Crippen LogP) is 7.69. The Labute approximate surface area is 509 Å². The molecule has 0 unspecified atom stereocenters. The summed E-state index contributed by atoms with van der Waals surface area (Å²) in [7, 11) is -4.02. The summed E-state index contributed by atoms with van der Waals surface area (Å²) in [5.41, 5.74) is 10.9. The van der Waals surface area contributed by atoms with Crippen LogP contribution in [0.2, 0.25) is 0 Å². The SMILES string of the molecule is C[C@H](N)C#N.Cc1ccc(S(=O)(=O)O)cc1.Cc1cnc(Nc2cnn(C3CCN(C(=O)C4(O)CC4)CC3)c2)nc1-c1ccc(C(=O)C[C@@H](C)C#N)cc1.Cc1cnc(Nc2cnn(C3CCN(C(=O)C4(O)CC4)CC3)c2)nc1-c1ccc(C(=O)O)cc1. The number of aromatic carboxylic acids is 1. The van der Waals surface area contributed by atoms with Gasteiger partial charge in [-0.25, -0.2) is 24.7 Å². The number of benzene rings is 3. The molecule has 2 aliphatic heterocycles. The second-order valence-corrected chi connectivity index (χ2v) is 24.0. The molecule has 4 fully saturated rings. The average molecular weight is 1220 g/mol. The third-order valence-corrected chi connectivity index (χ3v) is 16.1. The highest BCUT2D eigenvalue weighted by Crippen LogP contribution is 2.39. The van der Waals surface area contributed by atoms with Gasteiger partial charge in [-0.3, -0.25) is 28.3 Å². The molecule has 3 aromatic carbocycles. The first kappa shape index (κ1) is 64.7. The third-order valence-electron chi connectivity index (χ3n) is 15.3. The lowest BCUT2D eigenvalue weighted by Gasteiger charge is -2.33. The van der Waals surface area contributed by atoms with Crippen molar-refractivity contribution < 1.29 is 47.5 Å². The number of carboxylic acid groups (broad SMARTS) is 1. The molecule has 0 bridgehead atoms. The molecule has 7 aromatic rings. The molecular formula is C62H71N15O10S. The van der Waals surface area contributed by atoms with Crippen LogP contribution in [-0.4, -0.2) is 145 Å². The number of nitrogens with one attached hydrogen (secondary N) is 2. The number of aliphatic hydroxyl groups is 2. The molecular weight excluding hydrogens is 1150 g/mol. The third kappa shape index (κ3) is 17.0. The first-order chi connectivity index (χ1) is 41.8. The van der Waals surface area contributed by atoms with Crippen molar-refractivity contribution in [3.63, 3.8) is 0 Å². The van der Waals surface area contributed by atoms with Gasteiger partial charge in [0.1, 0.15) is 11.2 Å². The van der Waals surface area contributed by atoms with E-state index in [4.69, 9.17) is 30.9 Å². The van der Waals surface area contributed by atoms with Crippen molar-refractivity contribution >= 4 is 57.0 Å². The number of carbonyl (C=O) groups is 4. The molecule has 11 rings (SSSR count). The number of anilines is 4. The van der Waals surface area contributed by atoms with Gasteiger partial charge in [0.05, 0.1) is 81.8 Å². The summed E-state index contributed by atoms with van der Waals surface area (Å²) in [6.07, 6.45) is 16.3. The standard InChI is InChI=1S/C28H31N7O3.C24H26N6O4.C7H8O3S.C3H6N2/c1-18(14-29)13-24(36)20-3-5-21(6-4-20)25-19(2)15-30-27(33-25)32-22-16-31-35(17-22)23-7-11-34(12-8-23)26(37)28(38)9-10-28;1-15-12-25-23(28-20(15)16-2-4-17(5-3-16)21(31)32)27-18-13-26-30(14-18)19-6-10-29(11-7-19)22(33)24(34)8-9-24;1-6-2-4-7(5-3-6)11(8,9)10;1-3(5)2-4/h3-6,15-18,23,38H,7-13H2,1-2H3,(H,30,32,33);2-5,12-14,19,34H,6-11H2,1H3,(H,31,32)(H,25,27,28);2-5H,1H3,(H,8,9,10);3H,5H2,1H3/t18-;;;3-/m1..0/s1. The fourth-order valence-corrected chi connectivity index (χ4v) is 10.2. The maximum absolute atomic E-state index is 12.4. The number of ketones is 1. The highest BCUT2D eigenvalue weighted by Gasteiger charge is 2.51. The Morgan fingerprint density at radius 2 is 1.05 bits per heavy atom. The van der Waals surface area contributed by atoms with Crippen molar-refractivity contribution in [1.29, 1.82) is 10.5 Å². The Morgan fingerprint density at radius 3 is 1.40 bits per heavy atom. The number of carboxylic acids is 1. The van der Waals surface area contributed by atoms with Crippen molar-refractivity contribution in [1.82, 2.24) is 49.3 Å². The molecule has 4 aliphatic rings. The highest BCUT2D eigenvalue weighted by molar-refractivity contribution is 7.85. The Bertz CT molecular complexity index is 3820. The number of likely N-dealkylation sites (tertiary alicyclic amines) is 2. The zero-order valence-electron chi connectivity index (χ0n) is 49.5. The quantitative estimate of drug-likeness (QED) is 0.0382. The molecule has 2 aliphatic carbocycles. The minimum Gasteiger partial charge on any atom is -0.478 e. The molecule has 2 saturated carbocycles. The number of hydrogen-bond acceptors (Lipinski definition) is 19. The van der Waals surface area contributed by atoms with Crippen molar-refractivity contribution in [2.24, 2.45) is 11.7 Å². The van der Waals surface area contributed by atoms with E-state index in [1.165, 1.54) is 12.1 Å². The van der Waals surface area contributed by atoms with Gasteiger partial charge < -0.3 is 41.5 Å². The van der Waals surface area contributed by atoms with Crippen LogP contribution in [-0.2, 0) is 19.7 Å². The van der Waals surface area contributed by atoms with Gasteiger partial charge in [-0.05, 0) is 121 Å². The summed E-state index contributed by atoms with van der Waals surface area (Å²) < 4.78 is 33.4.